The van der Waals surface area contributed by atoms with Gasteiger partial charge in [0.15, 0.2) is 12.2 Å². The molecule has 2 unspecified atom stereocenters. The summed E-state index contributed by atoms with van der Waals surface area (Å²) in [6.45, 7) is 14.1. The molecular formula is C75H146O17P2. The second-order valence-electron chi connectivity index (χ2n) is 28.9. The van der Waals surface area contributed by atoms with Crippen LogP contribution < -0.4 is 0 Å². The van der Waals surface area contributed by atoms with Crippen LogP contribution in [0.1, 0.15) is 376 Å². The number of hydrogen-bond donors (Lipinski definition) is 3. The van der Waals surface area contributed by atoms with E-state index in [1.54, 1.807) is 0 Å². The minimum absolute atomic E-state index is 0.104. The molecular weight excluding hydrogens is 1230 g/mol. The van der Waals surface area contributed by atoms with Gasteiger partial charge in [0.25, 0.3) is 0 Å². The zero-order chi connectivity index (χ0) is 69.6. The number of phosphoric ester groups is 2. The minimum atomic E-state index is -4.96. The Morgan fingerprint density at radius 3 is 0.660 bits per heavy atom. The van der Waals surface area contributed by atoms with Gasteiger partial charge in [0.2, 0.25) is 0 Å². The van der Waals surface area contributed by atoms with E-state index >= 15 is 0 Å². The zero-order valence-corrected chi connectivity index (χ0v) is 63.4. The lowest BCUT2D eigenvalue weighted by Crippen LogP contribution is -2.30. The fourth-order valence-electron chi connectivity index (χ4n) is 11.4. The van der Waals surface area contributed by atoms with Crippen molar-refractivity contribution in [2.75, 3.05) is 39.6 Å². The van der Waals surface area contributed by atoms with Crippen molar-refractivity contribution in [1.82, 2.24) is 0 Å². The van der Waals surface area contributed by atoms with Crippen molar-refractivity contribution in [2.45, 2.75) is 395 Å². The molecule has 0 saturated heterocycles. The summed E-state index contributed by atoms with van der Waals surface area (Å²) in [5.74, 6) is 0.886. The third-order valence-corrected chi connectivity index (χ3v) is 19.2. The first-order chi connectivity index (χ1) is 45.1. The molecule has 0 rings (SSSR count). The molecule has 0 aromatic rings. The van der Waals surface area contributed by atoms with Gasteiger partial charge in [-0.05, 0) is 49.4 Å². The Morgan fingerprint density at radius 1 is 0.266 bits per heavy atom. The number of carbonyl (C=O) groups is 4. The summed E-state index contributed by atoms with van der Waals surface area (Å²) in [6.07, 6.45) is 48.7. The van der Waals surface area contributed by atoms with Crippen LogP contribution in [-0.2, 0) is 65.4 Å². The lowest BCUT2D eigenvalue weighted by Gasteiger charge is -2.21. The summed E-state index contributed by atoms with van der Waals surface area (Å²) in [5, 5.41) is 10.6. The molecule has 0 saturated carbocycles. The van der Waals surface area contributed by atoms with Crippen LogP contribution in [0.2, 0.25) is 0 Å². The highest BCUT2D eigenvalue weighted by Gasteiger charge is 2.30. The SMILES string of the molecule is CC(C)CCCCCCCCCCCCCCCC(=O)OC[C@H](COP(=O)(O)OC[C@@H](O)COP(=O)(O)OC[C@@H](COC(=O)CCCCCCCCC(C)C)OC(=O)CCCCCCCCCCCCC(C)C)OC(=O)CCCCCCCCCCCCCCCC(C)C. The molecule has 0 spiro atoms. The van der Waals surface area contributed by atoms with Gasteiger partial charge in [-0.15, -0.1) is 0 Å². The normalized spacial score (nSPS) is 14.2. The molecule has 0 heterocycles. The fourth-order valence-corrected chi connectivity index (χ4v) is 13.0. The van der Waals surface area contributed by atoms with E-state index in [-0.39, 0.29) is 25.7 Å². The van der Waals surface area contributed by atoms with E-state index in [1.165, 1.54) is 173 Å². The van der Waals surface area contributed by atoms with Crippen LogP contribution in [0.25, 0.3) is 0 Å². The predicted octanol–water partition coefficient (Wildman–Crippen LogP) is 21.7. The summed E-state index contributed by atoms with van der Waals surface area (Å²) in [6, 6.07) is 0. The van der Waals surface area contributed by atoms with Crippen molar-refractivity contribution in [1.29, 1.82) is 0 Å². The van der Waals surface area contributed by atoms with Gasteiger partial charge in [-0.2, -0.15) is 0 Å². The molecule has 0 aliphatic rings. The number of aliphatic hydroxyl groups excluding tert-OH is 1. The third-order valence-electron chi connectivity index (χ3n) is 17.3. The topological polar surface area (TPSA) is 237 Å². The lowest BCUT2D eigenvalue weighted by atomic mass is 10.0. The van der Waals surface area contributed by atoms with E-state index in [1.807, 2.05) is 0 Å². The second-order valence-corrected chi connectivity index (χ2v) is 31.9. The van der Waals surface area contributed by atoms with Crippen molar-refractivity contribution < 1.29 is 80.2 Å². The maximum atomic E-state index is 13.1. The summed E-state index contributed by atoms with van der Waals surface area (Å²) in [4.78, 5) is 72.7. The summed E-state index contributed by atoms with van der Waals surface area (Å²) >= 11 is 0. The Balaban J connectivity index is 5.24. The van der Waals surface area contributed by atoms with E-state index in [0.717, 1.165) is 114 Å². The monoisotopic (exact) mass is 1380 g/mol. The number of hydrogen-bond acceptors (Lipinski definition) is 15. The van der Waals surface area contributed by atoms with Crippen molar-refractivity contribution in [2.24, 2.45) is 23.7 Å². The number of aliphatic hydroxyl groups is 1. The molecule has 0 aromatic heterocycles. The van der Waals surface area contributed by atoms with E-state index in [0.29, 0.717) is 31.6 Å². The molecule has 0 bridgehead atoms. The van der Waals surface area contributed by atoms with Gasteiger partial charge in [0.1, 0.15) is 19.3 Å². The fraction of sp³-hybridized carbons (Fsp3) is 0.947. The average Bonchev–Trinajstić information content (AvgIpc) is 1.19. The highest BCUT2D eigenvalue weighted by Crippen LogP contribution is 2.45. The Morgan fingerprint density at radius 2 is 0.447 bits per heavy atom. The van der Waals surface area contributed by atoms with Crippen LogP contribution in [0.4, 0.5) is 0 Å². The van der Waals surface area contributed by atoms with Crippen LogP contribution in [0.5, 0.6) is 0 Å². The number of esters is 4. The van der Waals surface area contributed by atoms with Crippen LogP contribution in [-0.4, -0.2) is 96.7 Å². The first kappa shape index (κ1) is 92.1. The first-order valence-corrected chi connectivity index (χ1v) is 41.7. The van der Waals surface area contributed by atoms with E-state index in [2.05, 4.69) is 55.4 Å². The summed E-state index contributed by atoms with van der Waals surface area (Å²) in [7, 11) is -9.91. The van der Waals surface area contributed by atoms with Crippen LogP contribution in [0.15, 0.2) is 0 Å². The van der Waals surface area contributed by atoms with E-state index in [9.17, 15) is 43.2 Å². The third kappa shape index (κ3) is 68.6. The molecule has 17 nitrogen and oxygen atoms in total. The van der Waals surface area contributed by atoms with Gasteiger partial charge < -0.3 is 33.8 Å². The number of rotatable bonds is 72. The van der Waals surface area contributed by atoms with Gasteiger partial charge in [0.05, 0.1) is 26.4 Å². The lowest BCUT2D eigenvalue weighted by molar-refractivity contribution is -0.161. The molecule has 3 N–H and O–H groups in total. The molecule has 0 aliphatic heterocycles. The number of ether oxygens (including phenoxy) is 4. The molecule has 0 radical (unpaired) electrons. The predicted molar refractivity (Wildman–Crippen MR) is 381 cm³/mol. The highest BCUT2D eigenvalue weighted by molar-refractivity contribution is 7.47. The maximum absolute atomic E-state index is 13.1. The second kappa shape index (κ2) is 64.4. The van der Waals surface area contributed by atoms with Gasteiger partial charge in [-0.25, -0.2) is 9.13 Å². The quantitative estimate of drug-likeness (QED) is 0.0222. The molecule has 0 aliphatic carbocycles. The number of unbranched alkanes of at least 4 members (excludes halogenated alkanes) is 38. The van der Waals surface area contributed by atoms with E-state index in [4.69, 9.17) is 37.0 Å². The molecule has 0 aromatic carbocycles. The smallest absolute Gasteiger partial charge is 0.462 e. The Hall–Kier alpha value is -1.94. The standard InChI is InChI=1S/C75H146O17P2/c1-65(2)51-43-35-27-21-15-11-9-13-17-24-30-39-47-55-72(77)85-61-70(91-74(79)57-49-41-31-25-18-14-10-12-16-22-28-36-44-52-66(3)4)63-89-93(81,82)87-59-69(76)60-88-94(83,84)90-64-71(62-86-73(78)56-48-40-34-33-38-46-54-68(7)8)92-75(80)58-50-42-32-26-20-19-23-29-37-45-53-67(5)6/h65-71,76H,9-64H2,1-8H3,(H,81,82)(H,83,84)/t69-,70-,71-/m1/s1. The highest BCUT2D eigenvalue weighted by atomic mass is 31.2. The molecule has 558 valence electrons. The molecule has 0 amide bonds. The average molecular weight is 1380 g/mol. The van der Waals surface area contributed by atoms with Crippen molar-refractivity contribution in [3.05, 3.63) is 0 Å². The molecule has 0 fully saturated rings. The Labute approximate surface area is 575 Å². The zero-order valence-electron chi connectivity index (χ0n) is 61.6. The summed E-state index contributed by atoms with van der Waals surface area (Å²) in [5.41, 5.74) is 0. The van der Waals surface area contributed by atoms with Crippen LogP contribution >= 0.6 is 15.6 Å². The maximum Gasteiger partial charge on any atom is 0.472 e. The molecule has 19 heteroatoms. The van der Waals surface area contributed by atoms with Crippen molar-refractivity contribution >= 4 is 39.5 Å². The van der Waals surface area contributed by atoms with Gasteiger partial charge >= 0.3 is 39.5 Å². The number of phosphoric acid groups is 2. The Bertz CT molecular complexity index is 1850. The van der Waals surface area contributed by atoms with E-state index < -0.39 is 97.5 Å². The van der Waals surface area contributed by atoms with Crippen molar-refractivity contribution in [3.8, 4) is 0 Å². The van der Waals surface area contributed by atoms with Crippen LogP contribution in [0.3, 0.4) is 0 Å². The van der Waals surface area contributed by atoms with Gasteiger partial charge in [-0.3, -0.25) is 37.3 Å². The number of carbonyl (C=O) groups excluding carboxylic acids is 4. The van der Waals surface area contributed by atoms with Crippen molar-refractivity contribution in [3.63, 3.8) is 0 Å². The molecule has 94 heavy (non-hydrogen) atoms. The first-order valence-electron chi connectivity index (χ1n) is 38.7. The summed E-state index contributed by atoms with van der Waals surface area (Å²) < 4.78 is 68.5. The van der Waals surface area contributed by atoms with Gasteiger partial charge in [0, 0.05) is 25.7 Å². The van der Waals surface area contributed by atoms with Gasteiger partial charge in [-0.1, -0.05) is 325 Å². The largest absolute Gasteiger partial charge is 0.472 e. The minimum Gasteiger partial charge on any atom is -0.462 e. The molecule has 5 atom stereocenters. The van der Waals surface area contributed by atoms with Crippen LogP contribution in [0, 0.1) is 23.7 Å². The Kier molecular flexibility index (Phi) is 63.1.